The summed E-state index contributed by atoms with van der Waals surface area (Å²) >= 11 is 3.57. The smallest absolute Gasteiger partial charge is 0.0793 e. The van der Waals surface area contributed by atoms with E-state index in [1.54, 1.807) is 22.7 Å². The number of aliphatic hydroxyl groups is 2. The summed E-state index contributed by atoms with van der Waals surface area (Å²) in [7, 11) is 2.03. The number of rotatable bonds is 16. The molecular weight excluding hydrogens is 589 g/mol. The van der Waals surface area contributed by atoms with Crippen molar-refractivity contribution in [3.05, 3.63) is 70.4 Å². The third-order valence-corrected chi connectivity index (χ3v) is 9.00. The molecule has 0 saturated carbocycles. The van der Waals surface area contributed by atoms with E-state index in [-0.39, 0.29) is 12.2 Å². The van der Waals surface area contributed by atoms with Crippen molar-refractivity contribution in [2.75, 3.05) is 66.2 Å². The quantitative estimate of drug-likeness (QED) is 0.127. The first-order valence-electron chi connectivity index (χ1n) is 16.2. The molecule has 0 spiro atoms. The van der Waals surface area contributed by atoms with Crippen LogP contribution in [0.5, 0.6) is 0 Å². The summed E-state index contributed by atoms with van der Waals surface area (Å²) in [5.74, 6) is 0. The molecule has 3 heterocycles. The van der Waals surface area contributed by atoms with Crippen LogP contribution in [0.15, 0.2) is 59.3 Å². The number of benzene rings is 2. The Bertz CT molecular complexity index is 1300. The number of nitrogens with zero attached hydrogens (tertiary/aromatic N) is 2. The maximum absolute atomic E-state index is 9.28. The van der Waals surface area contributed by atoms with Crippen molar-refractivity contribution in [3.8, 4) is 0 Å². The highest BCUT2D eigenvalue weighted by molar-refractivity contribution is 7.17. The van der Waals surface area contributed by atoms with Gasteiger partial charge in [-0.05, 0) is 96.6 Å². The second kappa shape index (κ2) is 21.0. The Labute approximate surface area is 273 Å². The van der Waals surface area contributed by atoms with E-state index in [0.717, 1.165) is 84.8 Å². The molecule has 1 aliphatic rings. The number of aliphatic hydroxyl groups excluding tert-OH is 2. The fourth-order valence-corrected chi connectivity index (χ4v) is 6.56. The summed E-state index contributed by atoms with van der Waals surface area (Å²) in [5, 5.41) is 25.4. The lowest BCUT2D eigenvalue weighted by Crippen LogP contribution is -2.50. The van der Waals surface area contributed by atoms with Gasteiger partial charge in [0.25, 0.3) is 0 Å². The molecule has 0 aliphatic carbocycles. The van der Waals surface area contributed by atoms with E-state index < -0.39 is 0 Å². The van der Waals surface area contributed by atoms with Gasteiger partial charge >= 0.3 is 0 Å². The normalized spacial score (nSPS) is 14.2. The molecule has 1 fully saturated rings. The summed E-state index contributed by atoms with van der Waals surface area (Å²) in [6, 6.07) is 17.6. The van der Waals surface area contributed by atoms with Crippen LogP contribution >= 0.6 is 22.7 Å². The highest BCUT2D eigenvalue weighted by Gasteiger charge is 2.22. The Hall–Kier alpha value is -1.88. The minimum Gasteiger partial charge on any atom is -0.392 e. The molecule has 6 nitrogen and oxygen atoms in total. The van der Waals surface area contributed by atoms with Gasteiger partial charge in [-0.25, -0.2) is 0 Å². The van der Waals surface area contributed by atoms with Gasteiger partial charge in [0.05, 0.1) is 25.4 Å². The van der Waals surface area contributed by atoms with Gasteiger partial charge in [0.1, 0.15) is 0 Å². The molecule has 2 N–H and O–H groups in total. The van der Waals surface area contributed by atoms with E-state index in [1.165, 1.54) is 37.7 Å². The van der Waals surface area contributed by atoms with Gasteiger partial charge in [0, 0.05) is 55.3 Å². The Morgan fingerprint density at radius 2 is 1.36 bits per heavy atom. The number of β-amino-alcohol motifs (C(OH)–C–C–N with tert-alkyl or cyclic N) is 1. The summed E-state index contributed by atoms with van der Waals surface area (Å²) in [5.41, 5.74) is 2.69. The van der Waals surface area contributed by atoms with Crippen molar-refractivity contribution in [3.63, 3.8) is 0 Å². The summed E-state index contributed by atoms with van der Waals surface area (Å²) < 4.78 is 14.1. The third kappa shape index (κ3) is 14.0. The van der Waals surface area contributed by atoms with E-state index in [1.807, 2.05) is 14.0 Å². The van der Waals surface area contributed by atoms with Gasteiger partial charge in [-0.15, -0.1) is 22.7 Å². The minimum absolute atomic E-state index is 0.0945. The lowest BCUT2D eigenvalue weighted by molar-refractivity contribution is -0.00305. The van der Waals surface area contributed by atoms with Crippen LogP contribution in [0.4, 0.5) is 0 Å². The van der Waals surface area contributed by atoms with Crippen LogP contribution in [0.25, 0.3) is 20.2 Å². The predicted octanol–water partition coefficient (Wildman–Crippen LogP) is 7.11. The number of thiophene rings is 2. The summed E-state index contributed by atoms with van der Waals surface area (Å²) in [4.78, 5) is 4.40. The standard InChI is InChI=1S/C17H25NO2S.C16H21NO2S.C3H8/c1-14(19)13-18(2)8-3-9-20-10-6-15-4-5-17-16(12-15)7-11-21-17;18-15-11-17(12-15)6-1-7-19-8-4-13-2-3-16-14(10-13)5-9-20-16;1-3-2/h4-5,7,11-12,14,19H,3,6,8-10,13H2,1-2H3;2-3,5,9-10,15,18H,1,4,6-8,11-12H2;3H2,1-2H3. The molecule has 8 heteroatoms. The first-order chi connectivity index (χ1) is 21.4. The van der Waals surface area contributed by atoms with Gasteiger partial charge in [-0.2, -0.15) is 0 Å². The van der Waals surface area contributed by atoms with Gasteiger partial charge in [0.2, 0.25) is 0 Å². The lowest BCUT2D eigenvalue weighted by Gasteiger charge is -2.35. The van der Waals surface area contributed by atoms with Crippen molar-refractivity contribution in [1.82, 2.24) is 9.80 Å². The monoisotopic (exact) mass is 642 g/mol. The van der Waals surface area contributed by atoms with Crippen molar-refractivity contribution in [1.29, 1.82) is 0 Å². The highest BCUT2D eigenvalue weighted by Crippen LogP contribution is 2.23. The van der Waals surface area contributed by atoms with Crippen molar-refractivity contribution in [2.45, 2.75) is 65.1 Å². The molecule has 2 aromatic carbocycles. The van der Waals surface area contributed by atoms with Gasteiger partial charge in [0.15, 0.2) is 0 Å². The topological polar surface area (TPSA) is 65.4 Å². The average molecular weight is 643 g/mol. The number of fused-ring (bicyclic) bond motifs is 2. The molecule has 1 aliphatic heterocycles. The lowest BCUT2D eigenvalue weighted by atomic mass is 10.1. The zero-order valence-corrected chi connectivity index (χ0v) is 28.9. The fourth-order valence-electron chi connectivity index (χ4n) is 5.02. The van der Waals surface area contributed by atoms with E-state index in [4.69, 9.17) is 9.47 Å². The van der Waals surface area contributed by atoms with Crippen LogP contribution in [-0.4, -0.2) is 98.4 Å². The van der Waals surface area contributed by atoms with E-state index in [9.17, 15) is 10.2 Å². The molecule has 1 saturated heterocycles. The van der Waals surface area contributed by atoms with Crippen molar-refractivity contribution in [2.24, 2.45) is 0 Å². The molecular formula is C36H54N2O4S2. The van der Waals surface area contributed by atoms with Gasteiger partial charge in [-0.1, -0.05) is 44.5 Å². The molecule has 4 aromatic rings. The second-order valence-electron chi connectivity index (χ2n) is 11.7. The Kier molecular flexibility index (Phi) is 17.5. The zero-order valence-electron chi connectivity index (χ0n) is 27.2. The third-order valence-electron chi connectivity index (χ3n) is 7.21. The van der Waals surface area contributed by atoms with E-state index >= 15 is 0 Å². The number of hydrogen-bond acceptors (Lipinski definition) is 8. The van der Waals surface area contributed by atoms with Gasteiger partial charge < -0.3 is 24.6 Å². The van der Waals surface area contributed by atoms with Crippen molar-refractivity contribution < 1.29 is 19.7 Å². The Balaban J connectivity index is 0.000000221. The molecule has 44 heavy (non-hydrogen) atoms. The SMILES string of the molecule is CC(O)CN(C)CCCOCCc1ccc2sccc2c1.CCC.OC1CN(CCCOCCc2ccc3sccc3c2)C1. The Morgan fingerprint density at radius 1 is 0.841 bits per heavy atom. The molecule has 0 amide bonds. The largest absolute Gasteiger partial charge is 0.392 e. The number of ether oxygens (including phenoxy) is 2. The predicted molar refractivity (Wildman–Crippen MR) is 190 cm³/mol. The van der Waals surface area contributed by atoms with Crippen LogP contribution in [-0.2, 0) is 22.3 Å². The first kappa shape index (κ1) is 36.6. The number of likely N-dealkylation sites (tertiary alicyclic amines) is 1. The first-order valence-corrected chi connectivity index (χ1v) is 18.0. The molecule has 5 rings (SSSR count). The molecule has 2 aromatic heterocycles. The van der Waals surface area contributed by atoms with E-state index in [2.05, 4.69) is 82.9 Å². The molecule has 0 radical (unpaired) electrons. The van der Waals surface area contributed by atoms with Gasteiger partial charge in [-0.3, -0.25) is 4.90 Å². The number of hydrogen-bond donors (Lipinski definition) is 2. The minimum atomic E-state index is -0.261. The zero-order chi connectivity index (χ0) is 31.6. The highest BCUT2D eigenvalue weighted by atomic mass is 32.1. The van der Waals surface area contributed by atoms with Crippen LogP contribution in [0, 0.1) is 0 Å². The van der Waals surface area contributed by atoms with Crippen LogP contribution in [0.2, 0.25) is 0 Å². The molecule has 0 bridgehead atoms. The number of likely N-dealkylation sites (N-methyl/N-ethyl adjacent to an activating group) is 1. The Morgan fingerprint density at radius 3 is 1.86 bits per heavy atom. The summed E-state index contributed by atoms with van der Waals surface area (Å²) in [6.45, 7) is 13.6. The maximum Gasteiger partial charge on any atom is 0.0793 e. The molecule has 1 atom stereocenters. The van der Waals surface area contributed by atoms with Crippen LogP contribution < -0.4 is 0 Å². The van der Waals surface area contributed by atoms with Crippen LogP contribution in [0.3, 0.4) is 0 Å². The second-order valence-corrected chi connectivity index (χ2v) is 13.6. The maximum atomic E-state index is 9.28. The van der Waals surface area contributed by atoms with Crippen molar-refractivity contribution >= 4 is 42.8 Å². The molecule has 244 valence electrons. The average Bonchev–Trinajstić information content (AvgIpc) is 3.65. The molecule has 1 unspecified atom stereocenters. The fraction of sp³-hybridized carbons (Fsp3) is 0.556. The van der Waals surface area contributed by atoms with Crippen LogP contribution in [0.1, 0.15) is 51.2 Å². The summed E-state index contributed by atoms with van der Waals surface area (Å²) in [6.07, 6.45) is 4.90. The van der Waals surface area contributed by atoms with E-state index in [0.29, 0.717) is 0 Å².